The lowest BCUT2D eigenvalue weighted by atomic mass is 10.3. The van der Waals surface area contributed by atoms with Crippen LogP contribution in [0.2, 0.25) is 5.02 Å². The SMILES string of the molecule is O=C(NCCNC(=O)c1ccco1)c1cnn(-c2ccccc2Cl)c1. The van der Waals surface area contributed by atoms with Gasteiger partial charge in [0.05, 0.1) is 28.7 Å². The lowest BCUT2D eigenvalue weighted by Gasteiger charge is -2.05. The number of carbonyl (C=O) groups is 2. The summed E-state index contributed by atoms with van der Waals surface area (Å²) >= 11 is 6.11. The highest BCUT2D eigenvalue weighted by atomic mass is 35.5. The van der Waals surface area contributed by atoms with Crippen LogP contribution in [0.1, 0.15) is 20.9 Å². The van der Waals surface area contributed by atoms with E-state index in [1.165, 1.54) is 17.1 Å². The highest BCUT2D eigenvalue weighted by molar-refractivity contribution is 6.32. The van der Waals surface area contributed by atoms with Crippen LogP contribution in [0.4, 0.5) is 0 Å². The maximum Gasteiger partial charge on any atom is 0.287 e. The summed E-state index contributed by atoms with van der Waals surface area (Å²) in [5.74, 6) is -0.385. The molecule has 1 aromatic carbocycles. The molecule has 0 saturated heterocycles. The van der Waals surface area contributed by atoms with Crippen molar-refractivity contribution in [1.82, 2.24) is 20.4 Å². The Morgan fingerprint density at radius 2 is 1.84 bits per heavy atom. The van der Waals surface area contributed by atoms with Crippen molar-refractivity contribution in [3.8, 4) is 5.69 Å². The van der Waals surface area contributed by atoms with Gasteiger partial charge in [0, 0.05) is 19.3 Å². The molecule has 0 aliphatic carbocycles. The molecule has 2 heterocycles. The molecule has 0 aliphatic rings. The molecule has 0 aliphatic heterocycles. The van der Waals surface area contributed by atoms with Gasteiger partial charge in [-0.05, 0) is 24.3 Å². The molecular formula is C17H15ClN4O3. The summed E-state index contributed by atoms with van der Waals surface area (Å²) in [5, 5.41) is 10.0. The molecule has 128 valence electrons. The van der Waals surface area contributed by atoms with Crippen LogP contribution >= 0.6 is 11.6 Å². The van der Waals surface area contributed by atoms with Gasteiger partial charge in [-0.25, -0.2) is 4.68 Å². The second-order valence-electron chi connectivity index (χ2n) is 5.11. The van der Waals surface area contributed by atoms with Gasteiger partial charge in [0.1, 0.15) is 0 Å². The number of rotatable bonds is 6. The van der Waals surface area contributed by atoms with Gasteiger partial charge in [-0.2, -0.15) is 5.10 Å². The Kier molecular flexibility index (Phi) is 5.15. The fourth-order valence-corrected chi connectivity index (χ4v) is 2.38. The molecule has 2 aromatic heterocycles. The maximum atomic E-state index is 12.1. The van der Waals surface area contributed by atoms with Crippen LogP contribution in [0.5, 0.6) is 0 Å². The zero-order valence-corrected chi connectivity index (χ0v) is 13.9. The molecule has 25 heavy (non-hydrogen) atoms. The number of hydrogen-bond donors (Lipinski definition) is 2. The summed E-state index contributed by atoms with van der Waals surface area (Å²) in [4.78, 5) is 23.8. The third-order valence-corrected chi connectivity index (χ3v) is 3.70. The van der Waals surface area contributed by atoms with E-state index in [-0.39, 0.29) is 30.7 Å². The lowest BCUT2D eigenvalue weighted by Crippen LogP contribution is -2.34. The van der Waals surface area contributed by atoms with E-state index < -0.39 is 0 Å². The molecule has 0 atom stereocenters. The summed E-state index contributed by atoms with van der Waals surface area (Å²) in [7, 11) is 0. The Labute approximate surface area is 148 Å². The minimum Gasteiger partial charge on any atom is -0.459 e. The molecule has 0 unspecified atom stereocenters. The lowest BCUT2D eigenvalue weighted by molar-refractivity contribution is 0.0910. The van der Waals surface area contributed by atoms with Crippen molar-refractivity contribution in [3.05, 3.63) is 71.4 Å². The predicted molar refractivity (Wildman–Crippen MR) is 91.9 cm³/mol. The summed E-state index contributed by atoms with van der Waals surface area (Å²) in [6.45, 7) is 0.562. The molecule has 0 radical (unpaired) electrons. The van der Waals surface area contributed by atoms with Crippen molar-refractivity contribution in [2.24, 2.45) is 0 Å². The summed E-state index contributed by atoms with van der Waals surface area (Å²) in [5.41, 5.74) is 1.09. The number of benzene rings is 1. The first-order valence-corrected chi connectivity index (χ1v) is 7.92. The molecule has 0 bridgehead atoms. The smallest absolute Gasteiger partial charge is 0.287 e. The number of nitrogens with zero attached hydrogens (tertiary/aromatic N) is 2. The van der Waals surface area contributed by atoms with Gasteiger partial charge in [0.2, 0.25) is 0 Å². The molecule has 3 aromatic rings. The van der Waals surface area contributed by atoms with E-state index in [0.717, 1.165) is 0 Å². The number of furan rings is 1. The van der Waals surface area contributed by atoms with Crippen LogP contribution in [-0.2, 0) is 0 Å². The zero-order valence-electron chi connectivity index (χ0n) is 13.1. The third-order valence-electron chi connectivity index (χ3n) is 3.39. The Morgan fingerprint density at radius 1 is 1.08 bits per heavy atom. The fraction of sp³-hybridized carbons (Fsp3) is 0.118. The maximum absolute atomic E-state index is 12.1. The Balaban J connectivity index is 1.51. The van der Waals surface area contributed by atoms with Gasteiger partial charge >= 0.3 is 0 Å². The van der Waals surface area contributed by atoms with Crippen LogP contribution in [0.25, 0.3) is 5.69 Å². The number of nitrogens with one attached hydrogen (secondary N) is 2. The van der Waals surface area contributed by atoms with Gasteiger partial charge in [-0.1, -0.05) is 23.7 Å². The topological polar surface area (TPSA) is 89.2 Å². The van der Waals surface area contributed by atoms with Gasteiger partial charge < -0.3 is 15.1 Å². The van der Waals surface area contributed by atoms with Crippen LogP contribution in [0.15, 0.2) is 59.5 Å². The molecule has 2 amide bonds. The number of hydrogen-bond acceptors (Lipinski definition) is 4. The molecular weight excluding hydrogens is 344 g/mol. The highest BCUT2D eigenvalue weighted by Gasteiger charge is 2.11. The van der Waals surface area contributed by atoms with Gasteiger partial charge in [0.15, 0.2) is 5.76 Å². The van der Waals surface area contributed by atoms with Gasteiger partial charge in [-0.3, -0.25) is 9.59 Å². The van der Waals surface area contributed by atoms with Gasteiger partial charge in [0.25, 0.3) is 11.8 Å². The second-order valence-corrected chi connectivity index (χ2v) is 5.52. The first-order chi connectivity index (χ1) is 12.1. The Hall–Kier alpha value is -3.06. The molecule has 7 nitrogen and oxygen atoms in total. The quantitative estimate of drug-likeness (QED) is 0.661. The van der Waals surface area contributed by atoms with Crippen LogP contribution in [0.3, 0.4) is 0 Å². The summed E-state index contributed by atoms with van der Waals surface area (Å²) < 4.78 is 6.51. The minimum absolute atomic E-state index is 0.229. The van der Waals surface area contributed by atoms with E-state index in [0.29, 0.717) is 16.3 Å². The minimum atomic E-state index is -0.328. The van der Waals surface area contributed by atoms with Crippen molar-refractivity contribution in [3.63, 3.8) is 0 Å². The predicted octanol–water partition coefficient (Wildman–Crippen LogP) is 2.28. The van der Waals surface area contributed by atoms with Crippen LogP contribution < -0.4 is 10.6 Å². The fourth-order valence-electron chi connectivity index (χ4n) is 2.16. The molecule has 0 saturated carbocycles. The standard InChI is InChI=1S/C17H15ClN4O3/c18-13-4-1-2-5-14(13)22-11-12(10-21-22)16(23)19-7-8-20-17(24)15-6-3-9-25-15/h1-6,9-11H,7-8H2,(H,19,23)(H,20,24). The number of amides is 2. The monoisotopic (exact) mass is 358 g/mol. The van der Waals surface area contributed by atoms with E-state index in [9.17, 15) is 9.59 Å². The largest absolute Gasteiger partial charge is 0.459 e. The van der Waals surface area contributed by atoms with Crippen molar-refractivity contribution >= 4 is 23.4 Å². The number of halogens is 1. The highest BCUT2D eigenvalue weighted by Crippen LogP contribution is 2.19. The molecule has 0 spiro atoms. The van der Waals surface area contributed by atoms with Crippen molar-refractivity contribution < 1.29 is 14.0 Å². The van der Waals surface area contributed by atoms with E-state index in [2.05, 4.69) is 15.7 Å². The van der Waals surface area contributed by atoms with Crippen molar-refractivity contribution in [1.29, 1.82) is 0 Å². The first kappa shape index (κ1) is 16.8. The normalized spacial score (nSPS) is 10.4. The summed E-state index contributed by atoms with van der Waals surface area (Å²) in [6, 6.07) is 10.4. The van der Waals surface area contributed by atoms with E-state index in [1.807, 2.05) is 12.1 Å². The second kappa shape index (κ2) is 7.67. The Morgan fingerprint density at radius 3 is 2.56 bits per heavy atom. The van der Waals surface area contributed by atoms with Crippen molar-refractivity contribution in [2.45, 2.75) is 0 Å². The van der Waals surface area contributed by atoms with E-state index in [1.54, 1.807) is 30.5 Å². The van der Waals surface area contributed by atoms with Crippen LogP contribution in [0, 0.1) is 0 Å². The molecule has 2 N–H and O–H groups in total. The zero-order chi connectivity index (χ0) is 17.6. The first-order valence-electron chi connectivity index (χ1n) is 7.54. The number of para-hydroxylation sites is 1. The average molecular weight is 359 g/mol. The number of aromatic nitrogens is 2. The third kappa shape index (κ3) is 4.07. The average Bonchev–Trinajstić information content (AvgIpc) is 3.30. The molecule has 8 heteroatoms. The molecule has 3 rings (SSSR count). The number of carbonyl (C=O) groups excluding carboxylic acids is 2. The van der Waals surface area contributed by atoms with Gasteiger partial charge in [-0.15, -0.1) is 0 Å². The summed E-state index contributed by atoms with van der Waals surface area (Å²) in [6.07, 6.45) is 4.48. The van der Waals surface area contributed by atoms with Crippen LogP contribution in [-0.4, -0.2) is 34.7 Å². The van der Waals surface area contributed by atoms with E-state index >= 15 is 0 Å². The van der Waals surface area contributed by atoms with Crippen molar-refractivity contribution in [2.75, 3.05) is 13.1 Å². The Bertz CT molecular complexity index is 874. The van der Waals surface area contributed by atoms with E-state index in [4.69, 9.17) is 16.0 Å². The molecule has 0 fully saturated rings.